The molecule has 7 heteroatoms. The van der Waals surface area contributed by atoms with E-state index in [4.69, 9.17) is 4.98 Å². The SMILES string of the molecule is CCN1CCC(O)(c2csc(CN3CCN(c4ccccn4)CC3)n2)CC1. The van der Waals surface area contributed by atoms with E-state index >= 15 is 0 Å². The highest BCUT2D eigenvalue weighted by molar-refractivity contribution is 7.09. The number of piperazine rings is 1. The summed E-state index contributed by atoms with van der Waals surface area (Å²) >= 11 is 1.69. The number of hydrogen-bond donors (Lipinski definition) is 1. The van der Waals surface area contributed by atoms with Gasteiger partial charge in [-0.25, -0.2) is 9.97 Å². The molecule has 4 heterocycles. The molecular formula is C20H29N5OS. The summed E-state index contributed by atoms with van der Waals surface area (Å²) in [4.78, 5) is 16.4. The highest BCUT2D eigenvalue weighted by Crippen LogP contribution is 2.33. The lowest BCUT2D eigenvalue weighted by atomic mass is 9.89. The van der Waals surface area contributed by atoms with Gasteiger partial charge in [-0.05, 0) is 31.5 Å². The summed E-state index contributed by atoms with van der Waals surface area (Å²) in [5.74, 6) is 1.06. The van der Waals surface area contributed by atoms with Crippen molar-refractivity contribution >= 4 is 17.2 Å². The average Bonchev–Trinajstić information content (AvgIpc) is 3.19. The first-order valence-electron chi connectivity index (χ1n) is 9.94. The van der Waals surface area contributed by atoms with E-state index in [0.29, 0.717) is 0 Å². The number of aromatic nitrogens is 2. The van der Waals surface area contributed by atoms with Crippen LogP contribution in [-0.4, -0.2) is 70.7 Å². The number of rotatable bonds is 5. The van der Waals surface area contributed by atoms with E-state index in [1.54, 1.807) is 11.3 Å². The zero-order chi connectivity index (χ0) is 18.7. The molecular weight excluding hydrogens is 358 g/mol. The first-order chi connectivity index (χ1) is 13.2. The van der Waals surface area contributed by atoms with Crippen LogP contribution in [0.2, 0.25) is 0 Å². The van der Waals surface area contributed by atoms with Crippen molar-refractivity contribution < 1.29 is 5.11 Å². The molecule has 0 aromatic carbocycles. The second kappa shape index (κ2) is 8.22. The zero-order valence-electron chi connectivity index (χ0n) is 16.0. The third-order valence-corrected chi connectivity index (χ3v) is 6.70. The van der Waals surface area contributed by atoms with Crippen molar-refractivity contribution in [2.45, 2.75) is 31.9 Å². The quantitative estimate of drug-likeness (QED) is 0.849. The number of pyridine rings is 1. The molecule has 2 aromatic heterocycles. The van der Waals surface area contributed by atoms with Crippen LogP contribution in [0.4, 0.5) is 5.82 Å². The van der Waals surface area contributed by atoms with Crippen molar-refractivity contribution in [2.24, 2.45) is 0 Å². The zero-order valence-corrected chi connectivity index (χ0v) is 16.9. The molecule has 0 spiro atoms. The molecule has 0 aliphatic carbocycles. The topological polar surface area (TPSA) is 55.7 Å². The fourth-order valence-electron chi connectivity index (χ4n) is 3.96. The second-order valence-electron chi connectivity index (χ2n) is 7.54. The maximum Gasteiger partial charge on any atom is 0.128 e. The van der Waals surface area contributed by atoms with E-state index in [9.17, 15) is 5.11 Å². The minimum Gasteiger partial charge on any atom is -0.383 e. The number of anilines is 1. The second-order valence-corrected chi connectivity index (χ2v) is 8.49. The highest BCUT2D eigenvalue weighted by Gasteiger charge is 2.35. The predicted octanol–water partition coefficient (Wildman–Crippen LogP) is 2.16. The van der Waals surface area contributed by atoms with E-state index in [1.807, 2.05) is 18.3 Å². The molecule has 146 valence electrons. The van der Waals surface area contributed by atoms with Gasteiger partial charge in [0, 0.05) is 50.8 Å². The van der Waals surface area contributed by atoms with Crippen LogP contribution >= 0.6 is 11.3 Å². The molecule has 2 saturated heterocycles. The van der Waals surface area contributed by atoms with E-state index in [1.165, 1.54) is 0 Å². The van der Waals surface area contributed by atoms with Gasteiger partial charge in [0.25, 0.3) is 0 Å². The Labute approximate surface area is 165 Å². The maximum absolute atomic E-state index is 11.0. The molecule has 2 aromatic rings. The van der Waals surface area contributed by atoms with Crippen LogP contribution in [0.1, 0.15) is 30.5 Å². The van der Waals surface area contributed by atoms with Gasteiger partial charge in [-0.3, -0.25) is 4.90 Å². The van der Waals surface area contributed by atoms with Crippen molar-refractivity contribution in [3.8, 4) is 0 Å². The summed E-state index contributed by atoms with van der Waals surface area (Å²) in [6, 6.07) is 6.08. The van der Waals surface area contributed by atoms with Gasteiger partial charge in [-0.2, -0.15) is 0 Å². The third-order valence-electron chi connectivity index (χ3n) is 5.86. The summed E-state index contributed by atoms with van der Waals surface area (Å²) in [5, 5.41) is 14.2. The molecule has 0 saturated carbocycles. The van der Waals surface area contributed by atoms with Crippen LogP contribution < -0.4 is 4.90 Å². The van der Waals surface area contributed by atoms with Gasteiger partial charge in [0.15, 0.2) is 0 Å². The smallest absolute Gasteiger partial charge is 0.128 e. The summed E-state index contributed by atoms with van der Waals surface area (Å²) in [5.41, 5.74) is 0.142. The lowest BCUT2D eigenvalue weighted by Gasteiger charge is -2.36. The summed E-state index contributed by atoms with van der Waals surface area (Å²) in [6.45, 7) is 10.0. The molecule has 6 nitrogen and oxygen atoms in total. The Balaban J connectivity index is 1.31. The maximum atomic E-state index is 11.0. The number of likely N-dealkylation sites (tertiary alicyclic amines) is 1. The van der Waals surface area contributed by atoms with E-state index in [2.05, 4.69) is 38.1 Å². The molecule has 4 rings (SSSR count). The minimum atomic E-state index is -0.738. The normalized spacial score (nSPS) is 21.5. The molecule has 2 aliphatic heterocycles. The van der Waals surface area contributed by atoms with Crippen molar-refractivity contribution in [2.75, 3.05) is 50.7 Å². The predicted molar refractivity (Wildman–Crippen MR) is 109 cm³/mol. The minimum absolute atomic E-state index is 0.738. The number of thiazole rings is 1. The van der Waals surface area contributed by atoms with Crippen LogP contribution in [0.3, 0.4) is 0 Å². The van der Waals surface area contributed by atoms with Gasteiger partial charge in [0.1, 0.15) is 16.4 Å². The highest BCUT2D eigenvalue weighted by atomic mass is 32.1. The summed E-state index contributed by atoms with van der Waals surface area (Å²) in [7, 11) is 0. The monoisotopic (exact) mass is 387 g/mol. The standard InChI is InChI=1S/C20H29N5OS/c1-2-23-9-6-20(26,7-10-23)17-16-27-19(22-17)15-24-11-13-25(14-12-24)18-5-3-4-8-21-18/h3-5,8,16,26H,2,6-7,9-15H2,1H3. The van der Waals surface area contributed by atoms with Gasteiger partial charge in [-0.1, -0.05) is 13.0 Å². The van der Waals surface area contributed by atoms with Crippen LogP contribution in [0.5, 0.6) is 0 Å². The largest absolute Gasteiger partial charge is 0.383 e. The van der Waals surface area contributed by atoms with Crippen LogP contribution in [0.15, 0.2) is 29.8 Å². The van der Waals surface area contributed by atoms with Gasteiger partial charge in [-0.15, -0.1) is 11.3 Å². The average molecular weight is 388 g/mol. The molecule has 0 bridgehead atoms. The van der Waals surface area contributed by atoms with Crippen molar-refractivity contribution in [3.05, 3.63) is 40.5 Å². The van der Waals surface area contributed by atoms with Crippen LogP contribution in [0.25, 0.3) is 0 Å². The van der Waals surface area contributed by atoms with Gasteiger partial charge >= 0.3 is 0 Å². The van der Waals surface area contributed by atoms with Gasteiger partial charge in [0.05, 0.1) is 12.2 Å². The lowest BCUT2D eigenvalue weighted by Crippen LogP contribution is -2.46. The molecule has 27 heavy (non-hydrogen) atoms. The number of nitrogens with zero attached hydrogens (tertiary/aromatic N) is 5. The summed E-state index contributed by atoms with van der Waals surface area (Å²) in [6.07, 6.45) is 3.42. The first-order valence-corrected chi connectivity index (χ1v) is 10.8. The van der Waals surface area contributed by atoms with E-state index in [-0.39, 0.29) is 0 Å². The van der Waals surface area contributed by atoms with Gasteiger partial charge in [0.2, 0.25) is 0 Å². The third kappa shape index (κ3) is 4.32. The van der Waals surface area contributed by atoms with Crippen LogP contribution in [0, 0.1) is 0 Å². The summed E-state index contributed by atoms with van der Waals surface area (Å²) < 4.78 is 0. The molecule has 0 atom stereocenters. The Kier molecular flexibility index (Phi) is 5.73. The van der Waals surface area contributed by atoms with Gasteiger partial charge < -0.3 is 14.9 Å². The number of hydrogen-bond acceptors (Lipinski definition) is 7. The first kappa shape index (κ1) is 18.8. The van der Waals surface area contributed by atoms with Crippen molar-refractivity contribution in [3.63, 3.8) is 0 Å². The van der Waals surface area contributed by atoms with Crippen molar-refractivity contribution in [1.82, 2.24) is 19.8 Å². The molecule has 2 aliphatic rings. The van der Waals surface area contributed by atoms with E-state index < -0.39 is 5.60 Å². The van der Waals surface area contributed by atoms with Crippen LogP contribution in [-0.2, 0) is 12.1 Å². The Morgan fingerprint density at radius 2 is 1.85 bits per heavy atom. The molecule has 2 fully saturated rings. The fraction of sp³-hybridized carbons (Fsp3) is 0.600. The Hall–Kier alpha value is -1.54. The Morgan fingerprint density at radius 3 is 2.52 bits per heavy atom. The Bertz CT molecular complexity index is 721. The molecule has 1 N–H and O–H groups in total. The lowest BCUT2D eigenvalue weighted by molar-refractivity contribution is -0.0278. The van der Waals surface area contributed by atoms with Crippen molar-refractivity contribution in [1.29, 1.82) is 0 Å². The molecule has 0 amide bonds. The molecule has 0 unspecified atom stereocenters. The number of piperidine rings is 1. The van der Waals surface area contributed by atoms with E-state index in [0.717, 1.165) is 81.7 Å². The number of aliphatic hydroxyl groups is 1. The Morgan fingerprint density at radius 1 is 1.07 bits per heavy atom. The fourth-order valence-corrected chi connectivity index (χ4v) is 4.89. The molecule has 0 radical (unpaired) electrons.